The number of para-hydroxylation sites is 1. The number of carbonyl (C=O) groups excluding carboxylic acids is 1. The number of ketones is 1. The van der Waals surface area contributed by atoms with Crippen LogP contribution in [0.5, 0.6) is 0 Å². The van der Waals surface area contributed by atoms with Crippen LogP contribution in [0.1, 0.15) is 12.5 Å². The number of nitrogens with two attached hydrogens (primary N) is 1. The van der Waals surface area contributed by atoms with Gasteiger partial charge in [-0.25, -0.2) is 9.31 Å². The summed E-state index contributed by atoms with van der Waals surface area (Å²) in [5, 5.41) is 12.1. The molecular weight excluding hydrogens is 372 g/mol. The summed E-state index contributed by atoms with van der Waals surface area (Å²) in [6, 6.07) is 9.04. The fourth-order valence-electron chi connectivity index (χ4n) is 3.38. The van der Waals surface area contributed by atoms with E-state index in [4.69, 9.17) is 32.1 Å². The van der Waals surface area contributed by atoms with Crippen LogP contribution in [0.3, 0.4) is 0 Å². The number of carbonyl (C=O) groups is 1. The number of fused-ring (bicyclic) bond motifs is 2. The molecular formula is C16H14N6O4S. The summed E-state index contributed by atoms with van der Waals surface area (Å²) in [6.45, 7) is 0.310. The zero-order valence-corrected chi connectivity index (χ0v) is 14.7. The fourth-order valence-corrected chi connectivity index (χ4v) is 3.75. The van der Waals surface area contributed by atoms with Gasteiger partial charge in [0.2, 0.25) is 11.1 Å². The summed E-state index contributed by atoms with van der Waals surface area (Å²) in [5.41, 5.74) is 6.92. The summed E-state index contributed by atoms with van der Waals surface area (Å²) in [7, 11) is 0. The monoisotopic (exact) mass is 386 g/mol. The Morgan fingerprint density at radius 3 is 2.78 bits per heavy atom. The van der Waals surface area contributed by atoms with E-state index in [2.05, 4.69) is 15.4 Å². The number of rotatable bonds is 3. The Labute approximate surface area is 157 Å². The number of nitrogens with zero attached hydrogens (tertiary/aromatic N) is 5. The van der Waals surface area contributed by atoms with Crippen LogP contribution in [0.15, 0.2) is 35.0 Å². The number of hydrogen-bond donors (Lipinski definition) is 1. The first kappa shape index (κ1) is 16.3. The molecule has 3 aromatic rings. The van der Waals surface area contributed by atoms with Gasteiger partial charge in [-0.1, -0.05) is 18.2 Å². The highest BCUT2D eigenvalue weighted by Crippen LogP contribution is 2.34. The van der Waals surface area contributed by atoms with Crippen molar-refractivity contribution in [3.63, 3.8) is 0 Å². The predicted molar refractivity (Wildman–Crippen MR) is 93.4 cm³/mol. The van der Waals surface area contributed by atoms with Gasteiger partial charge in [0.15, 0.2) is 23.1 Å². The van der Waals surface area contributed by atoms with Gasteiger partial charge < -0.3 is 15.2 Å². The Hall–Kier alpha value is -2.89. The first-order valence-electron chi connectivity index (χ1n) is 8.28. The molecule has 5 rings (SSSR count). The van der Waals surface area contributed by atoms with E-state index in [1.54, 1.807) is 9.25 Å². The summed E-state index contributed by atoms with van der Waals surface area (Å²) >= 11 is 5.68. The van der Waals surface area contributed by atoms with Gasteiger partial charge in [0.25, 0.3) is 0 Å². The van der Waals surface area contributed by atoms with E-state index in [9.17, 15) is 4.79 Å². The standard InChI is InChI=1S/C16H14N6O4S/c17-13-12(19-26-20-13)14-18-22(9-6-10(23)15-24-7-11(9)25-15)16(27)21(14)8-4-2-1-3-5-8/h1-5,9,11,15H,6-7H2,(H2,17,20). The van der Waals surface area contributed by atoms with Gasteiger partial charge in [-0.3, -0.25) is 9.36 Å². The zero-order chi connectivity index (χ0) is 18.5. The predicted octanol–water partition coefficient (Wildman–Crippen LogP) is 1.29. The van der Waals surface area contributed by atoms with Crippen LogP contribution >= 0.6 is 12.2 Å². The topological polar surface area (TPSA) is 123 Å². The Bertz CT molecular complexity index is 1070. The van der Waals surface area contributed by atoms with Gasteiger partial charge in [0.05, 0.1) is 18.3 Å². The summed E-state index contributed by atoms with van der Waals surface area (Å²) < 4.78 is 19.5. The average molecular weight is 386 g/mol. The van der Waals surface area contributed by atoms with E-state index in [1.807, 2.05) is 30.3 Å². The Balaban J connectivity index is 1.70. The van der Waals surface area contributed by atoms with Crippen molar-refractivity contribution < 1.29 is 18.9 Å². The second-order valence-corrected chi connectivity index (χ2v) is 6.66. The van der Waals surface area contributed by atoms with Crippen molar-refractivity contribution in [1.82, 2.24) is 24.7 Å². The van der Waals surface area contributed by atoms with Crippen molar-refractivity contribution in [3.8, 4) is 17.2 Å². The summed E-state index contributed by atoms with van der Waals surface area (Å²) in [5.74, 6) is 0.340. The largest absolute Gasteiger partial charge is 0.379 e. The second kappa shape index (κ2) is 6.08. The van der Waals surface area contributed by atoms with Crippen LogP contribution in [0.2, 0.25) is 0 Å². The van der Waals surface area contributed by atoms with E-state index in [0.29, 0.717) is 17.2 Å². The molecule has 2 bridgehead atoms. The minimum Gasteiger partial charge on any atom is -0.379 e. The van der Waals surface area contributed by atoms with E-state index in [0.717, 1.165) is 5.69 Å². The Morgan fingerprint density at radius 1 is 1.22 bits per heavy atom. The van der Waals surface area contributed by atoms with Gasteiger partial charge in [0, 0.05) is 6.42 Å². The van der Waals surface area contributed by atoms with Crippen LogP contribution in [-0.2, 0) is 14.3 Å². The lowest BCUT2D eigenvalue weighted by Gasteiger charge is -2.26. The van der Waals surface area contributed by atoms with Crippen molar-refractivity contribution >= 4 is 23.8 Å². The normalized spacial score (nSPS) is 24.4. The lowest BCUT2D eigenvalue weighted by molar-refractivity contribution is -0.156. The highest BCUT2D eigenvalue weighted by atomic mass is 32.1. The quantitative estimate of drug-likeness (QED) is 0.663. The van der Waals surface area contributed by atoms with Crippen LogP contribution < -0.4 is 5.73 Å². The number of ether oxygens (including phenoxy) is 2. The number of nitrogen functional groups attached to an aromatic ring is 1. The first-order chi connectivity index (χ1) is 13.1. The van der Waals surface area contributed by atoms with Gasteiger partial charge in [0.1, 0.15) is 6.10 Å². The van der Waals surface area contributed by atoms with E-state index >= 15 is 0 Å². The van der Waals surface area contributed by atoms with E-state index < -0.39 is 6.29 Å². The third-order valence-electron chi connectivity index (χ3n) is 4.67. The molecule has 2 fully saturated rings. The van der Waals surface area contributed by atoms with Crippen molar-refractivity contribution in [2.24, 2.45) is 0 Å². The molecule has 2 aromatic heterocycles. The third kappa shape index (κ3) is 2.51. The molecule has 0 radical (unpaired) electrons. The molecule has 10 nitrogen and oxygen atoms in total. The molecule has 0 spiro atoms. The Morgan fingerprint density at radius 2 is 2.04 bits per heavy atom. The molecule has 0 aliphatic carbocycles. The van der Waals surface area contributed by atoms with Crippen molar-refractivity contribution in [2.45, 2.75) is 24.9 Å². The van der Waals surface area contributed by atoms with Crippen LogP contribution in [0.25, 0.3) is 17.2 Å². The highest BCUT2D eigenvalue weighted by molar-refractivity contribution is 7.71. The SMILES string of the molecule is Nc1nonc1-c1nn(C2CC(=O)C3OCC2O3)c(=S)n1-c1ccccc1. The molecule has 0 saturated carbocycles. The first-order valence-corrected chi connectivity index (χ1v) is 8.69. The molecule has 2 saturated heterocycles. The molecule has 11 heteroatoms. The van der Waals surface area contributed by atoms with E-state index in [1.165, 1.54) is 0 Å². The van der Waals surface area contributed by atoms with Crippen LogP contribution in [0, 0.1) is 4.77 Å². The number of aromatic nitrogens is 5. The van der Waals surface area contributed by atoms with Gasteiger partial charge >= 0.3 is 0 Å². The third-order valence-corrected chi connectivity index (χ3v) is 5.04. The molecule has 3 unspecified atom stereocenters. The molecule has 138 valence electrons. The molecule has 27 heavy (non-hydrogen) atoms. The molecule has 2 aliphatic heterocycles. The molecule has 0 amide bonds. The van der Waals surface area contributed by atoms with Crippen molar-refractivity contribution in [1.29, 1.82) is 0 Å². The lowest BCUT2D eigenvalue weighted by Crippen LogP contribution is -2.37. The minimum absolute atomic E-state index is 0.0968. The maximum absolute atomic E-state index is 12.2. The minimum atomic E-state index is -0.786. The number of benzene rings is 1. The second-order valence-electron chi connectivity index (χ2n) is 6.30. The maximum atomic E-state index is 12.2. The summed E-state index contributed by atoms with van der Waals surface area (Å²) in [4.78, 5) is 12.2. The molecule has 3 atom stereocenters. The van der Waals surface area contributed by atoms with Gasteiger partial charge in [-0.15, -0.1) is 5.10 Å². The van der Waals surface area contributed by atoms with Crippen molar-refractivity contribution in [3.05, 3.63) is 35.1 Å². The summed E-state index contributed by atoms with van der Waals surface area (Å²) in [6.07, 6.45) is -0.868. The number of Topliss-reactive ketones (excluding diaryl/α,β-unsaturated/α-hetero) is 1. The Kier molecular flexibility index (Phi) is 3.67. The maximum Gasteiger partial charge on any atom is 0.218 e. The molecule has 1 aromatic carbocycles. The number of anilines is 1. The fraction of sp³-hybridized carbons (Fsp3) is 0.312. The number of hydrogen-bond acceptors (Lipinski definition) is 9. The zero-order valence-electron chi connectivity index (χ0n) is 13.9. The lowest BCUT2D eigenvalue weighted by atomic mass is 10.0. The molecule has 2 N–H and O–H groups in total. The molecule has 2 aliphatic rings. The smallest absolute Gasteiger partial charge is 0.218 e. The average Bonchev–Trinajstić information content (AvgIpc) is 3.37. The van der Waals surface area contributed by atoms with E-state index in [-0.39, 0.29) is 35.9 Å². The van der Waals surface area contributed by atoms with Crippen molar-refractivity contribution in [2.75, 3.05) is 12.3 Å². The molecule has 4 heterocycles. The van der Waals surface area contributed by atoms with Crippen LogP contribution in [-0.4, -0.2) is 49.4 Å². The van der Waals surface area contributed by atoms with Crippen LogP contribution in [0.4, 0.5) is 5.82 Å². The van der Waals surface area contributed by atoms with Gasteiger partial charge in [-0.2, -0.15) is 0 Å². The highest BCUT2D eigenvalue weighted by Gasteiger charge is 2.45. The van der Waals surface area contributed by atoms with Gasteiger partial charge in [-0.05, 0) is 34.7 Å².